The van der Waals surface area contributed by atoms with Crippen LogP contribution < -0.4 is 0 Å². The van der Waals surface area contributed by atoms with Gasteiger partial charge in [0.15, 0.2) is 0 Å². The zero-order valence-corrected chi connectivity index (χ0v) is 30.1. The molecular weight excluding hydrogens is 767 g/mol. The maximum atomic E-state index is 9.30. The van der Waals surface area contributed by atoms with Crippen molar-refractivity contribution >= 4 is 22.1 Å². The van der Waals surface area contributed by atoms with Gasteiger partial charge in [-0.15, -0.1) is 54.1 Å². The number of furan rings is 1. The van der Waals surface area contributed by atoms with Crippen molar-refractivity contribution in [2.45, 2.75) is 52.9 Å². The number of nitrogens with zero attached hydrogens (tertiary/aromatic N) is 3. The molecule has 5 heteroatoms. The van der Waals surface area contributed by atoms with E-state index in [0.29, 0.717) is 17.5 Å². The van der Waals surface area contributed by atoms with E-state index in [4.69, 9.17) is 9.40 Å². The molecular formula is C43H39IrN3O-2. The van der Waals surface area contributed by atoms with E-state index in [1.165, 1.54) is 17.5 Å². The summed E-state index contributed by atoms with van der Waals surface area (Å²) in [6.45, 7) is 8.77. The minimum atomic E-state index is -0.585. The number of benzene rings is 3. The number of aryl methyl sites for hydroxylation is 2. The summed E-state index contributed by atoms with van der Waals surface area (Å²) in [6.07, 6.45) is 6.57. The molecule has 1 aliphatic carbocycles. The Morgan fingerprint density at radius 2 is 1.48 bits per heavy atom. The molecule has 4 aromatic heterocycles. The summed E-state index contributed by atoms with van der Waals surface area (Å²) in [6, 6.07) is 38.7. The van der Waals surface area contributed by atoms with Crippen LogP contribution in [0.1, 0.15) is 57.1 Å². The summed E-state index contributed by atoms with van der Waals surface area (Å²) in [5.41, 5.74) is 10.5. The molecule has 243 valence electrons. The fraction of sp³-hybridized carbons (Fsp3) is 0.233. The second kappa shape index (κ2) is 14.8. The molecule has 2 atom stereocenters. The van der Waals surface area contributed by atoms with Crippen LogP contribution in [0.4, 0.5) is 0 Å². The van der Waals surface area contributed by atoms with Crippen LogP contribution >= 0.6 is 0 Å². The summed E-state index contributed by atoms with van der Waals surface area (Å²) in [5, 5.41) is 1.99. The van der Waals surface area contributed by atoms with Gasteiger partial charge in [-0.05, 0) is 97.6 Å². The molecule has 1 aliphatic rings. The van der Waals surface area contributed by atoms with Gasteiger partial charge in [-0.25, -0.2) is 4.98 Å². The van der Waals surface area contributed by atoms with Crippen LogP contribution in [0.25, 0.3) is 55.8 Å². The van der Waals surface area contributed by atoms with E-state index in [-0.39, 0.29) is 20.1 Å². The predicted molar refractivity (Wildman–Crippen MR) is 192 cm³/mol. The van der Waals surface area contributed by atoms with Gasteiger partial charge in [-0.2, -0.15) is 0 Å². The monoisotopic (exact) mass is 807 g/mol. The number of rotatable bonds is 4. The molecule has 0 spiro atoms. The minimum Gasteiger partial charge on any atom is -0.486 e. The van der Waals surface area contributed by atoms with Crippen molar-refractivity contribution in [3.05, 3.63) is 138 Å². The third-order valence-electron chi connectivity index (χ3n) is 9.10. The zero-order valence-electron chi connectivity index (χ0n) is 28.8. The number of pyridine rings is 3. The smallest absolute Gasteiger partial charge is 0.216 e. The average Bonchev–Trinajstić information content (AvgIpc) is 3.47. The molecule has 3 aromatic carbocycles. The van der Waals surface area contributed by atoms with E-state index in [1.807, 2.05) is 66.9 Å². The summed E-state index contributed by atoms with van der Waals surface area (Å²) in [5.74, 6) is 0.508. The molecule has 0 saturated heterocycles. The summed E-state index contributed by atoms with van der Waals surface area (Å²) < 4.78 is 15.7. The quantitative estimate of drug-likeness (QED) is 0.166. The van der Waals surface area contributed by atoms with Gasteiger partial charge in [0, 0.05) is 44.8 Å². The Balaban J connectivity index is 0.000000270. The van der Waals surface area contributed by atoms with Crippen LogP contribution in [0, 0.1) is 37.8 Å². The standard InChI is InChI=1S/C32H31N2O.C11H8N.Ir/c1-19-15-20(2)17-24(16-19)23-13-14-33-29(18-23)27-10-6-9-25-26-11-12-28(34-32(26)35-31(25)27)30-21(3)7-5-8-22(30)4;1-2-6-10(7-3-1)11-8-4-5-9-12-11;/h5-9,11-14,18-20,24H,15-17H2,1-4H3;1-6,8-9H;/q2*-1;/i24D;;. The Morgan fingerprint density at radius 1 is 0.708 bits per heavy atom. The van der Waals surface area contributed by atoms with Crippen LogP contribution in [0.2, 0.25) is 0 Å². The van der Waals surface area contributed by atoms with Gasteiger partial charge in [0.1, 0.15) is 0 Å². The van der Waals surface area contributed by atoms with E-state index >= 15 is 0 Å². The maximum Gasteiger partial charge on any atom is 0.216 e. The van der Waals surface area contributed by atoms with Gasteiger partial charge < -0.3 is 14.4 Å². The maximum absolute atomic E-state index is 9.30. The molecule has 1 fully saturated rings. The first kappa shape index (κ1) is 32.1. The van der Waals surface area contributed by atoms with Crippen LogP contribution in [0.3, 0.4) is 0 Å². The predicted octanol–water partition coefficient (Wildman–Crippen LogP) is 11.2. The topological polar surface area (TPSA) is 51.8 Å². The molecule has 4 nitrogen and oxygen atoms in total. The summed E-state index contributed by atoms with van der Waals surface area (Å²) in [4.78, 5) is 13.8. The first-order chi connectivity index (χ1) is 23.3. The van der Waals surface area contributed by atoms with Crippen LogP contribution in [0.5, 0.6) is 0 Å². The van der Waals surface area contributed by atoms with Gasteiger partial charge in [0.25, 0.3) is 0 Å². The Labute approximate surface area is 298 Å². The fourth-order valence-electron chi connectivity index (χ4n) is 7.05. The van der Waals surface area contributed by atoms with Crippen LogP contribution in [-0.4, -0.2) is 15.0 Å². The molecule has 8 rings (SSSR count). The van der Waals surface area contributed by atoms with Crippen molar-refractivity contribution in [2.75, 3.05) is 0 Å². The third kappa shape index (κ3) is 7.04. The number of hydrogen-bond acceptors (Lipinski definition) is 4. The van der Waals surface area contributed by atoms with E-state index in [0.717, 1.165) is 68.5 Å². The van der Waals surface area contributed by atoms with Crippen molar-refractivity contribution in [1.82, 2.24) is 15.0 Å². The largest absolute Gasteiger partial charge is 0.486 e. The van der Waals surface area contributed by atoms with Crippen LogP contribution in [0.15, 0.2) is 114 Å². The van der Waals surface area contributed by atoms with Crippen molar-refractivity contribution in [1.29, 1.82) is 0 Å². The summed E-state index contributed by atoms with van der Waals surface area (Å²) in [7, 11) is 0. The second-order valence-corrected chi connectivity index (χ2v) is 12.9. The molecule has 1 radical (unpaired) electrons. The first-order valence-electron chi connectivity index (χ1n) is 16.9. The van der Waals surface area contributed by atoms with Gasteiger partial charge in [-0.3, -0.25) is 0 Å². The second-order valence-electron chi connectivity index (χ2n) is 12.9. The molecule has 4 heterocycles. The third-order valence-corrected chi connectivity index (χ3v) is 9.10. The molecule has 0 N–H and O–H groups in total. The molecule has 7 aromatic rings. The Hall–Kier alpha value is -4.44. The van der Waals surface area contributed by atoms with Crippen molar-refractivity contribution in [3.63, 3.8) is 0 Å². The number of hydrogen-bond donors (Lipinski definition) is 0. The normalized spacial score (nSPS) is 19.2. The number of aromatic nitrogens is 3. The fourth-order valence-corrected chi connectivity index (χ4v) is 7.05. The molecule has 1 saturated carbocycles. The Morgan fingerprint density at radius 3 is 2.21 bits per heavy atom. The van der Waals surface area contributed by atoms with Gasteiger partial charge in [-0.1, -0.05) is 66.8 Å². The molecule has 48 heavy (non-hydrogen) atoms. The van der Waals surface area contributed by atoms with E-state index in [1.54, 1.807) is 6.20 Å². The molecule has 0 bridgehead atoms. The van der Waals surface area contributed by atoms with E-state index in [2.05, 4.69) is 86.2 Å². The molecule has 2 unspecified atom stereocenters. The minimum absolute atomic E-state index is 0. The van der Waals surface area contributed by atoms with Crippen molar-refractivity contribution < 1.29 is 25.9 Å². The SMILES string of the molecule is [2H]C1(c2ccnc(-c3[c-]ccc4c3oc3nc(-c5c(C)cccc5C)ccc34)c2)CC(C)CC(C)C1.[Ir].[c-]1ccccc1-c1ccccn1. The summed E-state index contributed by atoms with van der Waals surface area (Å²) >= 11 is 0. The van der Waals surface area contributed by atoms with Gasteiger partial charge in [0.05, 0.1) is 11.3 Å². The Kier molecular flexibility index (Phi) is 9.88. The van der Waals surface area contributed by atoms with E-state index in [9.17, 15) is 1.37 Å². The average molecular weight is 807 g/mol. The molecule has 0 aliphatic heterocycles. The van der Waals surface area contributed by atoms with E-state index < -0.39 is 5.89 Å². The van der Waals surface area contributed by atoms with Crippen LogP contribution in [-0.2, 0) is 20.1 Å². The number of fused-ring (bicyclic) bond motifs is 3. The zero-order chi connectivity index (χ0) is 33.3. The van der Waals surface area contributed by atoms with Crippen molar-refractivity contribution in [3.8, 4) is 33.8 Å². The Bertz CT molecular complexity index is 2130. The molecule has 0 amide bonds. The van der Waals surface area contributed by atoms with Gasteiger partial charge in [0.2, 0.25) is 5.71 Å². The first-order valence-corrected chi connectivity index (χ1v) is 16.4. The van der Waals surface area contributed by atoms with Gasteiger partial charge >= 0.3 is 0 Å². The van der Waals surface area contributed by atoms with Crippen molar-refractivity contribution in [2.24, 2.45) is 11.8 Å².